The second-order valence-electron chi connectivity index (χ2n) is 5.06. The average molecular weight is 357 g/mol. The molecule has 7 heteroatoms. The number of carbonyl (C=O) groups is 3. The zero-order valence-electron chi connectivity index (χ0n) is 11.5. The molecule has 0 bridgehead atoms. The number of imide groups is 1. The second kappa shape index (κ2) is 7.40. The maximum atomic E-state index is 11.8. The lowest BCUT2D eigenvalue weighted by Gasteiger charge is -2.20. The van der Waals surface area contributed by atoms with Crippen molar-refractivity contribution in [2.45, 2.75) is 32.1 Å². The third kappa shape index (κ3) is 4.70. The largest absolute Gasteiger partial charge is 0.451 e. The molecule has 0 atom stereocenters. The van der Waals surface area contributed by atoms with E-state index in [-0.39, 0.29) is 17.5 Å². The Morgan fingerprint density at radius 3 is 2.62 bits per heavy atom. The van der Waals surface area contributed by atoms with Crippen LogP contribution in [0.1, 0.15) is 42.6 Å². The van der Waals surface area contributed by atoms with E-state index in [0.717, 1.165) is 32.1 Å². The second-order valence-corrected chi connectivity index (χ2v) is 5.97. The van der Waals surface area contributed by atoms with Crippen LogP contribution in [0.4, 0.5) is 0 Å². The van der Waals surface area contributed by atoms with Gasteiger partial charge in [0, 0.05) is 16.6 Å². The number of esters is 1. The van der Waals surface area contributed by atoms with Crippen LogP contribution in [0.2, 0.25) is 0 Å². The molecule has 6 nitrogen and oxygen atoms in total. The summed E-state index contributed by atoms with van der Waals surface area (Å²) in [6.45, 7) is -0.464. The van der Waals surface area contributed by atoms with E-state index in [1.165, 1.54) is 0 Å². The zero-order valence-corrected chi connectivity index (χ0v) is 13.1. The molecule has 0 aliphatic heterocycles. The molecule has 1 saturated carbocycles. The lowest BCUT2D eigenvalue weighted by molar-refractivity contribution is -0.135. The molecule has 0 spiro atoms. The molecule has 2 rings (SSSR count). The molecule has 1 heterocycles. The first-order chi connectivity index (χ1) is 10.1. The molecule has 1 aromatic rings. The number of aromatic nitrogens is 1. The number of halogens is 1. The van der Waals surface area contributed by atoms with Crippen LogP contribution in [0.3, 0.4) is 0 Å². The lowest BCUT2D eigenvalue weighted by Crippen LogP contribution is -2.38. The van der Waals surface area contributed by atoms with Crippen LogP contribution < -0.4 is 5.32 Å². The Labute approximate surface area is 130 Å². The molecule has 0 saturated heterocycles. The number of aromatic amines is 1. The van der Waals surface area contributed by atoms with Gasteiger partial charge in [-0.15, -0.1) is 0 Å². The van der Waals surface area contributed by atoms with Crippen LogP contribution >= 0.6 is 15.9 Å². The van der Waals surface area contributed by atoms with E-state index in [1.807, 2.05) is 0 Å². The Hall–Kier alpha value is -1.63. The highest BCUT2D eigenvalue weighted by molar-refractivity contribution is 9.10. The van der Waals surface area contributed by atoms with E-state index < -0.39 is 18.5 Å². The summed E-state index contributed by atoms with van der Waals surface area (Å²) in [6.07, 6.45) is 6.39. The Bertz CT molecular complexity index is 535. The molecule has 21 heavy (non-hydrogen) atoms. The molecule has 1 aromatic heterocycles. The standard InChI is InChI=1S/C14H17BrN2O4/c15-10-6-11(16-7-10)14(20)21-8-12(18)17-13(19)9-4-2-1-3-5-9/h6-7,9,16H,1-5,8H2,(H,17,18,19). The number of hydrogen-bond donors (Lipinski definition) is 2. The number of ether oxygens (including phenoxy) is 1. The number of carbonyl (C=O) groups excluding carboxylic acids is 3. The number of H-pyrrole nitrogens is 1. The van der Waals surface area contributed by atoms with Crippen molar-refractivity contribution in [3.63, 3.8) is 0 Å². The summed E-state index contributed by atoms with van der Waals surface area (Å²) < 4.78 is 5.55. The van der Waals surface area contributed by atoms with Gasteiger partial charge in [0.2, 0.25) is 5.91 Å². The highest BCUT2D eigenvalue weighted by Crippen LogP contribution is 2.23. The third-order valence-corrected chi connectivity index (χ3v) is 3.90. The van der Waals surface area contributed by atoms with Gasteiger partial charge in [-0.25, -0.2) is 4.79 Å². The fourth-order valence-electron chi connectivity index (χ4n) is 2.33. The van der Waals surface area contributed by atoms with Crippen molar-refractivity contribution in [2.24, 2.45) is 5.92 Å². The molecule has 1 aliphatic carbocycles. The maximum Gasteiger partial charge on any atom is 0.355 e. The summed E-state index contributed by atoms with van der Waals surface area (Å²) in [5.74, 6) is -1.60. The van der Waals surface area contributed by atoms with Gasteiger partial charge < -0.3 is 9.72 Å². The number of amides is 2. The quantitative estimate of drug-likeness (QED) is 0.809. The monoisotopic (exact) mass is 356 g/mol. The van der Waals surface area contributed by atoms with Gasteiger partial charge in [-0.3, -0.25) is 14.9 Å². The van der Waals surface area contributed by atoms with Crippen LogP contribution in [0.25, 0.3) is 0 Å². The summed E-state index contributed by atoms with van der Waals surface area (Å²) >= 11 is 3.19. The molecule has 0 radical (unpaired) electrons. The summed E-state index contributed by atoms with van der Waals surface area (Å²) in [6, 6.07) is 1.55. The number of rotatable bonds is 4. The zero-order chi connectivity index (χ0) is 15.2. The predicted octanol–water partition coefficient (Wildman–Crippen LogP) is 2.16. The van der Waals surface area contributed by atoms with Crippen LogP contribution in [-0.2, 0) is 14.3 Å². The third-order valence-electron chi connectivity index (χ3n) is 3.44. The lowest BCUT2D eigenvalue weighted by atomic mass is 9.89. The molecule has 0 aromatic carbocycles. The summed E-state index contributed by atoms with van der Waals surface area (Å²) in [4.78, 5) is 37.8. The highest BCUT2D eigenvalue weighted by Gasteiger charge is 2.23. The highest BCUT2D eigenvalue weighted by atomic mass is 79.9. The summed E-state index contributed by atoms with van der Waals surface area (Å²) in [7, 11) is 0. The smallest absolute Gasteiger partial charge is 0.355 e. The Morgan fingerprint density at radius 1 is 1.29 bits per heavy atom. The van der Waals surface area contributed by atoms with Gasteiger partial charge in [0.05, 0.1) is 0 Å². The van der Waals surface area contributed by atoms with Crippen LogP contribution in [-0.4, -0.2) is 29.4 Å². The number of nitrogens with one attached hydrogen (secondary N) is 2. The van der Waals surface area contributed by atoms with Gasteiger partial charge in [0.25, 0.3) is 5.91 Å². The fraction of sp³-hybridized carbons (Fsp3) is 0.500. The van der Waals surface area contributed by atoms with E-state index in [0.29, 0.717) is 4.47 Å². The minimum absolute atomic E-state index is 0.0993. The van der Waals surface area contributed by atoms with Crippen LogP contribution in [0.5, 0.6) is 0 Å². The van der Waals surface area contributed by atoms with Crippen molar-refractivity contribution in [2.75, 3.05) is 6.61 Å². The summed E-state index contributed by atoms with van der Waals surface area (Å²) in [5.41, 5.74) is 0.244. The summed E-state index contributed by atoms with van der Waals surface area (Å²) in [5, 5.41) is 2.29. The van der Waals surface area contributed by atoms with Gasteiger partial charge in [0.1, 0.15) is 5.69 Å². The normalized spacial score (nSPS) is 15.5. The van der Waals surface area contributed by atoms with E-state index >= 15 is 0 Å². The molecule has 0 unspecified atom stereocenters. The first-order valence-electron chi connectivity index (χ1n) is 6.91. The molecule has 2 N–H and O–H groups in total. The molecular formula is C14H17BrN2O4. The van der Waals surface area contributed by atoms with Crippen LogP contribution in [0, 0.1) is 5.92 Å². The van der Waals surface area contributed by atoms with E-state index in [2.05, 4.69) is 26.2 Å². The molecular weight excluding hydrogens is 340 g/mol. The first kappa shape index (κ1) is 15.8. The van der Waals surface area contributed by atoms with Crippen molar-refractivity contribution < 1.29 is 19.1 Å². The Balaban J connectivity index is 1.74. The van der Waals surface area contributed by atoms with Crippen molar-refractivity contribution in [1.29, 1.82) is 0 Å². The van der Waals surface area contributed by atoms with Gasteiger partial charge in [-0.1, -0.05) is 19.3 Å². The van der Waals surface area contributed by atoms with E-state index in [1.54, 1.807) is 12.3 Å². The Kier molecular flexibility index (Phi) is 5.55. The SMILES string of the molecule is O=C(COC(=O)c1cc(Br)c[nH]1)NC(=O)C1CCCCC1. The average Bonchev–Trinajstić information content (AvgIpc) is 2.92. The molecule has 1 aliphatic rings. The fourth-order valence-corrected chi connectivity index (χ4v) is 2.68. The maximum absolute atomic E-state index is 11.8. The van der Waals surface area contributed by atoms with Crippen molar-refractivity contribution in [1.82, 2.24) is 10.3 Å². The van der Waals surface area contributed by atoms with Gasteiger partial charge in [-0.2, -0.15) is 0 Å². The molecule has 114 valence electrons. The van der Waals surface area contributed by atoms with Crippen molar-refractivity contribution in [3.8, 4) is 0 Å². The molecule has 2 amide bonds. The molecule has 1 fully saturated rings. The number of hydrogen-bond acceptors (Lipinski definition) is 4. The van der Waals surface area contributed by atoms with E-state index in [9.17, 15) is 14.4 Å². The Morgan fingerprint density at radius 2 is 2.00 bits per heavy atom. The van der Waals surface area contributed by atoms with E-state index in [4.69, 9.17) is 4.74 Å². The first-order valence-corrected chi connectivity index (χ1v) is 7.70. The van der Waals surface area contributed by atoms with Gasteiger partial charge in [0.15, 0.2) is 6.61 Å². The predicted molar refractivity (Wildman–Crippen MR) is 78.5 cm³/mol. The van der Waals surface area contributed by atoms with Gasteiger partial charge >= 0.3 is 5.97 Å². The van der Waals surface area contributed by atoms with Crippen molar-refractivity contribution >= 4 is 33.7 Å². The van der Waals surface area contributed by atoms with Crippen LogP contribution in [0.15, 0.2) is 16.7 Å². The minimum Gasteiger partial charge on any atom is -0.451 e. The van der Waals surface area contributed by atoms with Gasteiger partial charge in [-0.05, 0) is 34.8 Å². The topological polar surface area (TPSA) is 88.3 Å². The van der Waals surface area contributed by atoms with Crippen molar-refractivity contribution in [3.05, 3.63) is 22.4 Å². The minimum atomic E-state index is -0.638.